The van der Waals surface area contributed by atoms with Crippen LogP contribution in [0.25, 0.3) is 0 Å². The van der Waals surface area contributed by atoms with E-state index in [4.69, 9.17) is 21.6 Å². The average Bonchev–Trinajstić information content (AvgIpc) is 2.61. The molecule has 0 fully saturated rings. The van der Waals surface area contributed by atoms with Gasteiger partial charge in [-0.05, 0) is 42.0 Å². The summed E-state index contributed by atoms with van der Waals surface area (Å²) in [6.07, 6.45) is 1.40. The Labute approximate surface area is 145 Å². The van der Waals surface area contributed by atoms with Crippen molar-refractivity contribution in [1.29, 1.82) is 5.26 Å². The number of methoxy groups -OCH3 is 1. The van der Waals surface area contributed by atoms with Crippen molar-refractivity contribution in [2.45, 2.75) is 6.54 Å². The zero-order chi connectivity index (χ0) is 17.4. The van der Waals surface area contributed by atoms with Gasteiger partial charge in [0, 0.05) is 23.5 Å². The van der Waals surface area contributed by atoms with Crippen LogP contribution in [-0.2, 0) is 11.3 Å². The molecule has 24 heavy (non-hydrogen) atoms. The first-order chi connectivity index (χ1) is 11.6. The first kappa shape index (κ1) is 17.4. The third-order valence-electron chi connectivity index (χ3n) is 3.18. The molecular weight excluding hydrogens is 326 g/mol. The molecule has 0 spiro atoms. The second-order valence-corrected chi connectivity index (χ2v) is 5.30. The van der Waals surface area contributed by atoms with Crippen LogP contribution in [0.15, 0.2) is 60.3 Å². The summed E-state index contributed by atoms with van der Waals surface area (Å²) in [6.45, 7) is 0.489. The predicted molar refractivity (Wildman–Crippen MR) is 93.6 cm³/mol. The highest BCUT2D eigenvalue weighted by Gasteiger charge is 2.09. The number of nitrogens with one attached hydrogen (secondary N) is 2. The minimum atomic E-state index is -0.484. The number of amides is 1. The molecule has 0 aliphatic rings. The monoisotopic (exact) mass is 341 g/mol. The summed E-state index contributed by atoms with van der Waals surface area (Å²) in [4.78, 5) is 12.1. The van der Waals surface area contributed by atoms with Crippen LogP contribution < -0.4 is 15.4 Å². The van der Waals surface area contributed by atoms with Gasteiger partial charge in [-0.15, -0.1) is 0 Å². The van der Waals surface area contributed by atoms with Crippen LogP contribution in [0.5, 0.6) is 5.75 Å². The number of ether oxygens (including phenoxy) is 1. The van der Waals surface area contributed by atoms with E-state index in [-0.39, 0.29) is 5.57 Å². The Morgan fingerprint density at radius 3 is 2.46 bits per heavy atom. The van der Waals surface area contributed by atoms with Crippen molar-refractivity contribution >= 4 is 23.2 Å². The van der Waals surface area contributed by atoms with Gasteiger partial charge in [0.15, 0.2) is 0 Å². The molecule has 2 aromatic rings. The van der Waals surface area contributed by atoms with Gasteiger partial charge >= 0.3 is 0 Å². The van der Waals surface area contributed by atoms with E-state index in [1.807, 2.05) is 30.3 Å². The number of nitriles is 1. The van der Waals surface area contributed by atoms with Crippen LogP contribution >= 0.6 is 11.6 Å². The van der Waals surface area contributed by atoms with Gasteiger partial charge in [0.05, 0.1) is 7.11 Å². The lowest BCUT2D eigenvalue weighted by atomic mass is 10.2. The molecule has 122 valence electrons. The highest BCUT2D eigenvalue weighted by atomic mass is 35.5. The third-order valence-corrected chi connectivity index (χ3v) is 3.43. The molecule has 2 rings (SSSR count). The molecular formula is C18H16ClN3O2. The molecule has 0 unspecified atom stereocenters. The Balaban J connectivity index is 1.93. The van der Waals surface area contributed by atoms with Gasteiger partial charge in [0.1, 0.15) is 17.4 Å². The number of carbonyl (C=O) groups excluding carboxylic acids is 1. The Bertz CT molecular complexity index is 762. The SMILES string of the molecule is COc1ccc(CN/C=C(/C#N)C(=O)Nc2ccc(Cl)cc2)cc1. The van der Waals surface area contributed by atoms with Gasteiger partial charge in [-0.1, -0.05) is 23.7 Å². The van der Waals surface area contributed by atoms with Crippen LogP contribution in [0.3, 0.4) is 0 Å². The molecule has 2 N–H and O–H groups in total. The number of benzene rings is 2. The molecule has 0 bridgehead atoms. The molecule has 0 heterocycles. The number of hydrogen-bond acceptors (Lipinski definition) is 4. The van der Waals surface area contributed by atoms with Gasteiger partial charge in [-0.25, -0.2) is 0 Å². The Morgan fingerprint density at radius 1 is 1.21 bits per heavy atom. The van der Waals surface area contributed by atoms with E-state index in [1.165, 1.54) is 6.20 Å². The van der Waals surface area contributed by atoms with Gasteiger partial charge in [-0.2, -0.15) is 5.26 Å². The van der Waals surface area contributed by atoms with Crippen LogP contribution in [0, 0.1) is 11.3 Å². The van der Waals surface area contributed by atoms with Crippen LogP contribution in [-0.4, -0.2) is 13.0 Å². The quantitative estimate of drug-likeness (QED) is 0.623. The number of halogens is 1. The smallest absolute Gasteiger partial charge is 0.267 e. The maximum absolute atomic E-state index is 12.1. The van der Waals surface area contributed by atoms with Gasteiger partial charge in [0.25, 0.3) is 5.91 Å². The molecule has 5 nitrogen and oxygen atoms in total. The molecule has 6 heteroatoms. The lowest BCUT2D eigenvalue weighted by Gasteiger charge is -2.06. The van der Waals surface area contributed by atoms with Crippen molar-refractivity contribution in [2.75, 3.05) is 12.4 Å². The Morgan fingerprint density at radius 2 is 1.88 bits per heavy atom. The molecule has 0 aromatic heterocycles. The maximum Gasteiger partial charge on any atom is 0.267 e. The van der Waals surface area contributed by atoms with Gasteiger partial charge < -0.3 is 15.4 Å². The van der Waals surface area contributed by atoms with Crippen LogP contribution in [0.1, 0.15) is 5.56 Å². The summed E-state index contributed by atoms with van der Waals surface area (Å²) >= 11 is 5.79. The fourth-order valence-electron chi connectivity index (χ4n) is 1.89. The molecule has 0 saturated heterocycles. The molecule has 0 aliphatic carbocycles. The number of hydrogen-bond donors (Lipinski definition) is 2. The lowest BCUT2D eigenvalue weighted by molar-refractivity contribution is -0.112. The minimum Gasteiger partial charge on any atom is -0.497 e. The maximum atomic E-state index is 12.1. The topological polar surface area (TPSA) is 74.1 Å². The number of rotatable bonds is 6. The van der Waals surface area contributed by atoms with Crippen molar-refractivity contribution in [3.63, 3.8) is 0 Å². The van der Waals surface area contributed by atoms with E-state index in [1.54, 1.807) is 31.4 Å². The Hall–Kier alpha value is -2.97. The van der Waals surface area contributed by atoms with E-state index < -0.39 is 5.91 Å². The predicted octanol–water partition coefficient (Wildman–Crippen LogP) is 3.48. The minimum absolute atomic E-state index is 0.0153. The van der Waals surface area contributed by atoms with E-state index in [9.17, 15) is 4.79 Å². The molecule has 0 saturated carbocycles. The normalized spacial score (nSPS) is 10.6. The molecule has 1 amide bonds. The summed E-state index contributed by atoms with van der Waals surface area (Å²) in [5.74, 6) is 0.288. The van der Waals surface area contributed by atoms with E-state index in [0.717, 1.165) is 11.3 Å². The molecule has 2 aromatic carbocycles. The zero-order valence-corrected chi connectivity index (χ0v) is 13.8. The van der Waals surface area contributed by atoms with Crippen molar-refractivity contribution in [3.8, 4) is 11.8 Å². The van der Waals surface area contributed by atoms with Crippen molar-refractivity contribution in [2.24, 2.45) is 0 Å². The fourth-order valence-corrected chi connectivity index (χ4v) is 2.02. The summed E-state index contributed by atoms with van der Waals surface area (Å²) in [6, 6.07) is 16.0. The van der Waals surface area contributed by atoms with Gasteiger partial charge in [0.2, 0.25) is 0 Å². The van der Waals surface area contributed by atoms with Crippen LogP contribution in [0.2, 0.25) is 5.02 Å². The summed E-state index contributed by atoms with van der Waals surface area (Å²) in [7, 11) is 1.61. The first-order valence-corrected chi connectivity index (χ1v) is 7.53. The molecule has 0 atom stereocenters. The summed E-state index contributed by atoms with van der Waals surface area (Å²) in [5, 5.41) is 15.3. The molecule has 0 aliphatic heterocycles. The highest BCUT2D eigenvalue weighted by Crippen LogP contribution is 2.14. The van der Waals surface area contributed by atoms with Crippen molar-refractivity contribution in [3.05, 3.63) is 70.9 Å². The number of carbonyl (C=O) groups is 1. The summed E-state index contributed by atoms with van der Waals surface area (Å²) in [5.41, 5.74) is 1.56. The van der Waals surface area contributed by atoms with E-state index >= 15 is 0 Å². The Kier molecular flexibility index (Phi) is 6.23. The fraction of sp³-hybridized carbons (Fsp3) is 0.111. The van der Waals surface area contributed by atoms with Crippen molar-refractivity contribution < 1.29 is 9.53 Å². The second kappa shape index (κ2) is 8.61. The average molecular weight is 342 g/mol. The van der Waals surface area contributed by atoms with Crippen molar-refractivity contribution in [1.82, 2.24) is 5.32 Å². The highest BCUT2D eigenvalue weighted by molar-refractivity contribution is 6.30. The summed E-state index contributed by atoms with van der Waals surface area (Å²) < 4.78 is 5.09. The standard InChI is InChI=1S/C18H16ClN3O2/c1-24-17-8-2-13(3-9-17)11-21-12-14(10-20)18(23)22-16-6-4-15(19)5-7-16/h2-9,12,21H,11H2,1H3,(H,22,23)/b14-12-. The third kappa shape index (κ3) is 5.04. The first-order valence-electron chi connectivity index (χ1n) is 7.16. The van der Waals surface area contributed by atoms with E-state index in [2.05, 4.69) is 10.6 Å². The second-order valence-electron chi connectivity index (χ2n) is 4.86. The number of nitrogens with zero attached hydrogens (tertiary/aromatic N) is 1. The van der Waals surface area contributed by atoms with E-state index in [0.29, 0.717) is 17.3 Å². The van der Waals surface area contributed by atoms with Crippen LogP contribution in [0.4, 0.5) is 5.69 Å². The number of anilines is 1. The zero-order valence-electron chi connectivity index (χ0n) is 13.0. The van der Waals surface area contributed by atoms with Gasteiger partial charge in [-0.3, -0.25) is 4.79 Å². The lowest BCUT2D eigenvalue weighted by Crippen LogP contribution is -2.16. The molecule has 0 radical (unpaired) electrons. The largest absolute Gasteiger partial charge is 0.497 e.